The minimum absolute atomic E-state index is 0.0199. The number of carbonyl (C=O) groups is 2. The number of methoxy groups -OCH3 is 1. The number of ether oxygens (including phenoxy) is 1. The summed E-state index contributed by atoms with van der Waals surface area (Å²) in [5.41, 5.74) is 7.47. The zero-order valence-electron chi connectivity index (χ0n) is 16.0. The van der Waals surface area contributed by atoms with Gasteiger partial charge in [0.2, 0.25) is 5.91 Å². The molecule has 0 aliphatic carbocycles. The van der Waals surface area contributed by atoms with E-state index in [1.165, 1.54) is 12.0 Å². The number of rotatable bonds is 6. The van der Waals surface area contributed by atoms with Crippen molar-refractivity contribution in [3.63, 3.8) is 0 Å². The highest BCUT2D eigenvalue weighted by molar-refractivity contribution is 5.87. The third-order valence-electron chi connectivity index (χ3n) is 4.94. The van der Waals surface area contributed by atoms with E-state index in [9.17, 15) is 18.4 Å². The molecule has 7 heteroatoms. The quantitative estimate of drug-likeness (QED) is 0.756. The van der Waals surface area contributed by atoms with Gasteiger partial charge in [-0.25, -0.2) is 8.78 Å². The Morgan fingerprint density at radius 3 is 2.62 bits per heavy atom. The molecule has 2 atom stereocenters. The fourth-order valence-corrected chi connectivity index (χ4v) is 3.39. The van der Waals surface area contributed by atoms with Gasteiger partial charge in [0, 0.05) is 18.5 Å². The summed E-state index contributed by atoms with van der Waals surface area (Å²) in [6.45, 7) is 0.0880. The topological polar surface area (TPSA) is 72.6 Å². The van der Waals surface area contributed by atoms with Gasteiger partial charge in [-0.15, -0.1) is 0 Å². The standard InChI is InChI=1S/C22H22F2N2O3/c1-29-21(27)10-9-19(25)22(28)26-13-15(17-12-16(23)7-8-18(17)24)11-20(26)14-5-3-2-4-6-14/h2-8,11-12,19-20H,9-10,13,25H2,1H3/t19-,20?/m0/s1. The van der Waals surface area contributed by atoms with Crippen LogP contribution >= 0.6 is 0 Å². The Labute approximate surface area is 167 Å². The molecule has 3 rings (SSSR count). The van der Waals surface area contributed by atoms with Crippen molar-refractivity contribution in [3.8, 4) is 0 Å². The van der Waals surface area contributed by atoms with Gasteiger partial charge in [-0.1, -0.05) is 36.4 Å². The van der Waals surface area contributed by atoms with E-state index in [1.54, 1.807) is 6.08 Å². The van der Waals surface area contributed by atoms with Gasteiger partial charge in [0.1, 0.15) is 11.6 Å². The van der Waals surface area contributed by atoms with E-state index < -0.39 is 29.7 Å². The van der Waals surface area contributed by atoms with Gasteiger partial charge < -0.3 is 15.4 Å². The van der Waals surface area contributed by atoms with Crippen molar-refractivity contribution in [2.75, 3.05) is 13.7 Å². The van der Waals surface area contributed by atoms with Crippen LogP contribution in [0.2, 0.25) is 0 Å². The van der Waals surface area contributed by atoms with E-state index in [1.807, 2.05) is 30.3 Å². The average Bonchev–Trinajstić information content (AvgIpc) is 3.18. The largest absolute Gasteiger partial charge is 0.469 e. The molecular formula is C22H22F2N2O3. The molecule has 2 aromatic carbocycles. The van der Waals surface area contributed by atoms with Gasteiger partial charge in [0.25, 0.3) is 0 Å². The van der Waals surface area contributed by atoms with E-state index >= 15 is 0 Å². The second-order valence-corrected chi connectivity index (χ2v) is 6.86. The maximum atomic E-state index is 14.3. The first kappa shape index (κ1) is 20.7. The van der Waals surface area contributed by atoms with E-state index in [4.69, 9.17) is 5.73 Å². The molecule has 152 valence electrons. The fraction of sp³-hybridized carbons (Fsp3) is 0.273. The molecule has 0 aromatic heterocycles. The summed E-state index contributed by atoms with van der Waals surface area (Å²) in [7, 11) is 1.27. The molecule has 29 heavy (non-hydrogen) atoms. The van der Waals surface area contributed by atoms with Crippen molar-refractivity contribution in [2.45, 2.75) is 24.9 Å². The Morgan fingerprint density at radius 1 is 1.21 bits per heavy atom. The molecule has 1 amide bonds. The van der Waals surface area contributed by atoms with Gasteiger partial charge in [-0.3, -0.25) is 9.59 Å². The number of hydrogen-bond donors (Lipinski definition) is 1. The second kappa shape index (κ2) is 8.96. The van der Waals surface area contributed by atoms with Gasteiger partial charge >= 0.3 is 5.97 Å². The van der Waals surface area contributed by atoms with Crippen LogP contribution in [-0.4, -0.2) is 36.5 Å². The monoisotopic (exact) mass is 400 g/mol. The van der Waals surface area contributed by atoms with E-state index in [2.05, 4.69) is 4.74 Å². The van der Waals surface area contributed by atoms with Crippen LogP contribution in [-0.2, 0) is 14.3 Å². The lowest BCUT2D eigenvalue weighted by Gasteiger charge is -2.28. The number of nitrogens with zero attached hydrogens (tertiary/aromatic N) is 1. The molecule has 2 N–H and O–H groups in total. The Bertz CT molecular complexity index is 931. The summed E-state index contributed by atoms with van der Waals surface area (Å²) in [5.74, 6) is -1.94. The number of hydrogen-bond acceptors (Lipinski definition) is 4. The van der Waals surface area contributed by atoms with Crippen molar-refractivity contribution in [1.82, 2.24) is 4.90 Å². The number of benzene rings is 2. The molecule has 0 saturated heterocycles. The number of amides is 1. The molecule has 1 aliphatic rings. The summed E-state index contributed by atoms with van der Waals surface area (Å²) < 4.78 is 32.6. The molecule has 1 heterocycles. The van der Waals surface area contributed by atoms with Gasteiger partial charge in [0.15, 0.2) is 0 Å². The zero-order valence-corrected chi connectivity index (χ0v) is 16.0. The summed E-state index contributed by atoms with van der Waals surface area (Å²) in [4.78, 5) is 25.9. The molecule has 2 aromatic rings. The molecule has 0 bridgehead atoms. The maximum absolute atomic E-state index is 14.3. The highest BCUT2D eigenvalue weighted by Gasteiger charge is 2.34. The SMILES string of the molecule is COC(=O)CC[C@H](N)C(=O)N1CC(c2cc(F)ccc2F)=CC1c1ccccc1. The van der Waals surface area contributed by atoms with Gasteiger partial charge in [0.05, 0.1) is 19.2 Å². The van der Waals surface area contributed by atoms with Crippen molar-refractivity contribution < 1.29 is 23.1 Å². The Morgan fingerprint density at radius 2 is 1.93 bits per heavy atom. The highest BCUT2D eigenvalue weighted by Crippen LogP contribution is 2.36. The Kier molecular flexibility index (Phi) is 6.39. The van der Waals surface area contributed by atoms with Crippen LogP contribution in [0.1, 0.15) is 30.0 Å². The normalized spacial score (nSPS) is 17.0. The Hall–Kier alpha value is -3.06. The van der Waals surface area contributed by atoms with Crippen molar-refractivity contribution in [2.24, 2.45) is 5.73 Å². The molecule has 0 spiro atoms. The van der Waals surface area contributed by atoms with E-state index in [0.717, 1.165) is 23.8 Å². The maximum Gasteiger partial charge on any atom is 0.305 e. The predicted molar refractivity (Wildman–Crippen MR) is 104 cm³/mol. The molecule has 0 fully saturated rings. The predicted octanol–water partition coefficient (Wildman–Crippen LogP) is 3.21. The lowest BCUT2D eigenvalue weighted by molar-refractivity contribution is -0.141. The van der Waals surface area contributed by atoms with Crippen LogP contribution in [0.4, 0.5) is 8.78 Å². The first-order valence-electron chi connectivity index (χ1n) is 9.24. The minimum atomic E-state index is -0.912. The van der Waals surface area contributed by atoms with Crippen LogP contribution in [0, 0.1) is 11.6 Å². The highest BCUT2D eigenvalue weighted by atomic mass is 19.1. The van der Waals surface area contributed by atoms with Gasteiger partial charge in [-0.2, -0.15) is 0 Å². The van der Waals surface area contributed by atoms with E-state index in [-0.39, 0.29) is 30.9 Å². The summed E-state index contributed by atoms with van der Waals surface area (Å²) in [6, 6.07) is 11.1. The third-order valence-corrected chi connectivity index (χ3v) is 4.94. The summed E-state index contributed by atoms with van der Waals surface area (Å²) >= 11 is 0. The summed E-state index contributed by atoms with van der Waals surface area (Å²) in [6.07, 6.45) is 1.90. The number of halogens is 2. The van der Waals surface area contributed by atoms with Crippen LogP contribution in [0.5, 0.6) is 0 Å². The molecule has 5 nitrogen and oxygen atoms in total. The average molecular weight is 400 g/mol. The molecular weight excluding hydrogens is 378 g/mol. The van der Waals surface area contributed by atoms with E-state index in [0.29, 0.717) is 5.57 Å². The molecule has 0 saturated carbocycles. The molecule has 1 unspecified atom stereocenters. The molecule has 1 aliphatic heterocycles. The third kappa shape index (κ3) is 4.68. The smallest absolute Gasteiger partial charge is 0.305 e. The lowest BCUT2D eigenvalue weighted by Crippen LogP contribution is -2.44. The first-order valence-corrected chi connectivity index (χ1v) is 9.24. The number of carbonyl (C=O) groups excluding carboxylic acids is 2. The zero-order chi connectivity index (χ0) is 21.0. The Balaban J connectivity index is 1.89. The van der Waals surface area contributed by atoms with Crippen molar-refractivity contribution >= 4 is 17.4 Å². The minimum Gasteiger partial charge on any atom is -0.469 e. The lowest BCUT2D eigenvalue weighted by atomic mass is 10.0. The fourth-order valence-electron chi connectivity index (χ4n) is 3.39. The second-order valence-electron chi connectivity index (χ2n) is 6.86. The summed E-state index contributed by atoms with van der Waals surface area (Å²) in [5, 5.41) is 0. The van der Waals surface area contributed by atoms with Crippen LogP contribution < -0.4 is 5.73 Å². The first-order chi connectivity index (χ1) is 13.9. The molecule has 0 radical (unpaired) electrons. The van der Waals surface area contributed by atoms with Gasteiger partial charge in [-0.05, 0) is 35.8 Å². The number of nitrogens with two attached hydrogens (primary N) is 1. The van der Waals surface area contributed by atoms with Crippen molar-refractivity contribution in [1.29, 1.82) is 0 Å². The van der Waals surface area contributed by atoms with Crippen LogP contribution in [0.15, 0.2) is 54.6 Å². The van der Waals surface area contributed by atoms with Crippen LogP contribution in [0.3, 0.4) is 0 Å². The number of esters is 1. The van der Waals surface area contributed by atoms with Crippen molar-refractivity contribution in [3.05, 3.63) is 77.4 Å². The van der Waals surface area contributed by atoms with Crippen LogP contribution in [0.25, 0.3) is 5.57 Å².